The minimum Gasteiger partial charge on any atom is -0.355 e. The van der Waals surface area contributed by atoms with Crippen LogP contribution < -0.4 is 10.6 Å². The first kappa shape index (κ1) is 14.1. The van der Waals surface area contributed by atoms with Crippen LogP contribution in [-0.4, -0.2) is 18.4 Å². The van der Waals surface area contributed by atoms with Crippen molar-refractivity contribution in [2.45, 2.75) is 26.2 Å². The van der Waals surface area contributed by atoms with Crippen molar-refractivity contribution in [3.63, 3.8) is 0 Å². The van der Waals surface area contributed by atoms with Crippen LogP contribution in [-0.2, 0) is 9.59 Å². The molecule has 1 aliphatic heterocycles. The van der Waals surface area contributed by atoms with E-state index in [1.807, 2.05) is 18.2 Å². The minimum atomic E-state index is -0.267. The van der Waals surface area contributed by atoms with Crippen molar-refractivity contribution in [3.05, 3.63) is 28.2 Å². The Hall–Kier alpha value is -1.36. The smallest absolute Gasteiger partial charge is 0.229 e. The number of nitrogens with one attached hydrogen (secondary N) is 2. The Morgan fingerprint density at radius 3 is 2.79 bits per heavy atom. The van der Waals surface area contributed by atoms with Crippen molar-refractivity contribution < 1.29 is 9.59 Å². The summed E-state index contributed by atoms with van der Waals surface area (Å²) in [4.78, 5) is 23.2. The first-order chi connectivity index (χ1) is 8.97. The summed E-state index contributed by atoms with van der Waals surface area (Å²) in [5.74, 6) is -0.102. The standard InChI is InChI=1S/C14H17BrN2O2/c1-8(2)11-6-10(15)3-4-12(11)17-14(19)9-5-13(18)16-7-9/h3-4,6,8-9H,5,7H2,1-2H3,(H,16,18)(H,17,19)/t9-/m1/s1. The summed E-state index contributed by atoms with van der Waals surface area (Å²) in [6, 6.07) is 5.80. The van der Waals surface area contributed by atoms with Crippen molar-refractivity contribution in [2.24, 2.45) is 5.92 Å². The molecule has 0 aliphatic carbocycles. The zero-order valence-corrected chi connectivity index (χ0v) is 12.6. The van der Waals surface area contributed by atoms with Gasteiger partial charge in [0.25, 0.3) is 0 Å². The van der Waals surface area contributed by atoms with Gasteiger partial charge in [-0.15, -0.1) is 0 Å². The highest BCUT2D eigenvalue weighted by molar-refractivity contribution is 9.10. The average molecular weight is 325 g/mol. The third kappa shape index (κ3) is 3.35. The molecule has 1 aromatic rings. The van der Waals surface area contributed by atoms with E-state index in [1.54, 1.807) is 0 Å². The van der Waals surface area contributed by atoms with Crippen molar-refractivity contribution in [3.8, 4) is 0 Å². The molecule has 0 saturated carbocycles. The Kier molecular flexibility index (Phi) is 4.24. The van der Waals surface area contributed by atoms with E-state index in [-0.39, 0.29) is 24.2 Å². The van der Waals surface area contributed by atoms with E-state index < -0.39 is 0 Å². The fourth-order valence-corrected chi connectivity index (χ4v) is 2.53. The summed E-state index contributed by atoms with van der Waals surface area (Å²) in [6.07, 6.45) is 0.277. The molecule has 1 saturated heterocycles. The number of rotatable bonds is 3. The van der Waals surface area contributed by atoms with Crippen molar-refractivity contribution in [1.29, 1.82) is 0 Å². The topological polar surface area (TPSA) is 58.2 Å². The average Bonchev–Trinajstić information content (AvgIpc) is 2.78. The molecule has 2 rings (SSSR count). The second-order valence-corrected chi connectivity index (χ2v) is 6.00. The van der Waals surface area contributed by atoms with Crippen LogP contribution in [0.5, 0.6) is 0 Å². The minimum absolute atomic E-state index is 0.0555. The van der Waals surface area contributed by atoms with Gasteiger partial charge < -0.3 is 10.6 Å². The molecule has 0 bridgehead atoms. The number of hydrogen-bond acceptors (Lipinski definition) is 2. The number of halogens is 1. The molecule has 5 heteroatoms. The van der Waals surface area contributed by atoms with E-state index in [0.717, 1.165) is 15.7 Å². The van der Waals surface area contributed by atoms with Crippen molar-refractivity contribution >= 4 is 33.4 Å². The Labute approximate surface area is 121 Å². The molecule has 4 nitrogen and oxygen atoms in total. The predicted molar refractivity (Wildman–Crippen MR) is 78.0 cm³/mol. The lowest BCUT2D eigenvalue weighted by Gasteiger charge is -2.16. The number of carbonyl (C=O) groups excluding carboxylic acids is 2. The molecule has 1 aromatic carbocycles. The van der Waals surface area contributed by atoms with Crippen LogP contribution in [0.15, 0.2) is 22.7 Å². The van der Waals surface area contributed by atoms with Crippen LogP contribution in [0.1, 0.15) is 31.7 Å². The van der Waals surface area contributed by atoms with E-state index in [1.165, 1.54) is 0 Å². The van der Waals surface area contributed by atoms with Gasteiger partial charge in [0.05, 0.1) is 5.92 Å². The van der Waals surface area contributed by atoms with Crippen molar-refractivity contribution in [1.82, 2.24) is 5.32 Å². The Balaban J connectivity index is 2.14. The molecular formula is C14H17BrN2O2. The van der Waals surface area contributed by atoms with Crippen LogP contribution >= 0.6 is 15.9 Å². The Morgan fingerprint density at radius 1 is 1.47 bits per heavy atom. The van der Waals surface area contributed by atoms with Crippen LogP contribution in [0.2, 0.25) is 0 Å². The third-order valence-corrected chi connectivity index (χ3v) is 3.73. The predicted octanol–water partition coefficient (Wildman–Crippen LogP) is 2.65. The highest BCUT2D eigenvalue weighted by Gasteiger charge is 2.28. The van der Waals surface area contributed by atoms with Gasteiger partial charge in [-0.2, -0.15) is 0 Å². The lowest BCUT2D eigenvalue weighted by Crippen LogP contribution is -2.25. The van der Waals surface area contributed by atoms with Gasteiger partial charge in [-0.05, 0) is 29.7 Å². The van der Waals surface area contributed by atoms with Gasteiger partial charge >= 0.3 is 0 Å². The van der Waals surface area contributed by atoms with E-state index in [0.29, 0.717) is 12.5 Å². The summed E-state index contributed by atoms with van der Waals surface area (Å²) in [5.41, 5.74) is 1.91. The maximum absolute atomic E-state index is 12.1. The fraction of sp³-hybridized carbons (Fsp3) is 0.429. The highest BCUT2D eigenvalue weighted by Crippen LogP contribution is 2.28. The van der Waals surface area contributed by atoms with Gasteiger partial charge in [-0.25, -0.2) is 0 Å². The van der Waals surface area contributed by atoms with Gasteiger partial charge in [0.15, 0.2) is 0 Å². The molecule has 0 unspecified atom stereocenters. The van der Waals surface area contributed by atoms with Crippen LogP contribution in [0.25, 0.3) is 0 Å². The molecule has 2 amide bonds. The van der Waals surface area contributed by atoms with Crippen LogP contribution in [0, 0.1) is 5.92 Å². The molecule has 102 valence electrons. The quantitative estimate of drug-likeness (QED) is 0.898. The number of amides is 2. The molecule has 0 aromatic heterocycles. The molecule has 19 heavy (non-hydrogen) atoms. The van der Waals surface area contributed by atoms with E-state index in [2.05, 4.69) is 40.4 Å². The van der Waals surface area contributed by atoms with Crippen LogP contribution in [0.3, 0.4) is 0 Å². The molecule has 1 aliphatic rings. The molecular weight excluding hydrogens is 308 g/mol. The third-order valence-electron chi connectivity index (χ3n) is 3.24. The Bertz CT molecular complexity index is 514. The van der Waals surface area contributed by atoms with E-state index >= 15 is 0 Å². The first-order valence-electron chi connectivity index (χ1n) is 6.34. The summed E-state index contributed by atoms with van der Waals surface area (Å²) >= 11 is 3.44. The molecule has 0 radical (unpaired) electrons. The summed E-state index contributed by atoms with van der Waals surface area (Å²) in [7, 11) is 0. The summed E-state index contributed by atoms with van der Waals surface area (Å²) in [5, 5.41) is 5.61. The van der Waals surface area contributed by atoms with E-state index in [9.17, 15) is 9.59 Å². The zero-order valence-electron chi connectivity index (χ0n) is 11.0. The van der Waals surface area contributed by atoms with Gasteiger partial charge in [0.2, 0.25) is 11.8 Å². The summed E-state index contributed by atoms with van der Waals surface area (Å²) < 4.78 is 0.993. The molecule has 1 heterocycles. The number of hydrogen-bond donors (Lipinski definition) is 2. The first-order valence-corrected chi connectivity index (χ1v) is 7.13. The SMILES string of the molecule is CC(C)c1cc(Br)ccc1NC(=O)[C@H]1CNC(=O)C1. The number of carbonyl (C=O) groups is 2. The second kappa shape index (κ2) is 5.74. The maximum Gasteiger partial charge on any atom is 0.229 e. The number of benzene rings is 1. The van der Waals surface area contributed by atoms with Crippen molar-refractivity contribution in [2.75, 3.05) is 11.9 Å². The largest absolute Gasteiger partial charge is 0.355 e. The van der Waals surface area contributed by atoms with Gasteiger partial charge in [0, 0.05) is 23.1 Å². The zero-order chi connectivity index (χ0) is 14.0. The molecule has 1 atom stereocenters. The van der Waals surface area contributed by atoms with Gasteiger partial charge in [0.1, 0.15) is 0 Å². The summed E-state index contributed by atoms with van der Waals surface area (Å²) in [6.45, 7) is 4.59. The Morgan fingerprint density at radius 2 is 2.21 bits per heavy atom. The van der Waals surface area contributed by atoms with E-state index in [4.69, 9.17) is 0 Å². The molecule has 0 spiro atoms. The normalized spacial score (nSPS) is 18.5. The monoisotopic (exact) mass is 324 g/mol. The second-order valence-electron chi connectivity index (χ2n) is 5.08. The van der Waals surface area contributed by atoms with Gasteiger partial charge in [-0.1, -0.05) is 29.8 Å². The maximum atomic E-state index is 12.1. The lowest BCUT2D eigenvalue weighted by molar-refractivity contribution is -0.123. The molecule has 2 N–H and O–H groups in total. The van der Waals surface area contributed by atoms with Crippen LogP contribution in [0.4, 0.5) is 5.69 Å². The highest BCUT2D eigenvalue weighted by atomic mass is 79.9. The molecule has 1 fully saturated rings. The van der Waals surface area contributed by atoms with Gasteiger partial charge in [-0.3, -0.25) is 9.59 Å². The fourth-order valence-electron chi connectivity index (χ4n) is 2.15. The lowest BCUT2D eigenvalue weighted by atomic mass is 10.0. The number of anilines is 1.